The van der Waals surface area contributed by atoms with Crippen LogP contribution in [0.1, 0.15) is 18.1 Å². The SMILES string of the molecule is CCc1ccc(OCC(=O)NNC(=S)NC(=O)C=Cc2cccc3ccccc23)c(Br)c1. The molecular formula is C24H22BrN3O3S. The molecule has 164 valence electrons. The lowest BCUT2D eigenvalue weighted by Gasteiger charge is -2.11. The summed E-state index contributed by atoms with van der Waals surface area (Å²) in [7, 11) is 0. The molecule has 0 fully saturated rings. The second kappa shape index (κ2) is 11.4. The summed E-state index contributed by atoms with van der Waals surface area (Å²) in [4.78, 5) is 24.1. The van der Waals surface area contributed by atoms with E-state index >= 15 is 0 Å². The topological polar surface area (TPSA) is 79.5 Å². The van der Waals surface area contributed by atoms with Crippen LogP contribution < -0.4 is 20.9 Å². The van der Waals surface area contributed by atoms with Crippen LogP contribution in [0.15, 0.2) is 71.2 Å². The number of carbonyl (C=O) groups is 2. The maximum atomic E-state index is 12.1. The Bertz CT molecular complexity index is 1170. The van der Waals surface area contributed by atoms with E-state index in [9.17, 15) is 9.59 Å². The number of amides is 2. The molecule has 2 amide bonds. The Labute approximate surface area is 200 Å². The van der Waals surface area contributed by atoms with Crippen LogP contribution in [0.5, 0.6) is 5.75 Å². The molecule has 0 atom stereocenters. The summed E-state index contributed by atoms with van der Waals surface area (Å²) >= 11 is 8.47. The van der Waals surface area contributed by atoms with Crippen LogP contribution >= 0.6 is 28.1 Å². The number of hydrogen-bond acceptors (Lipinski definition) is 4. The lowest BCUT2D eigenvalue weighted by atomic mass is 10.0. The van der Waals surface area contributed by atoms with Crippen molar-refractivity contribution in [2.45, 2.75) is 13.3 Å². The molecule has 0 aliphatic rings. The van der Waals surface area contributed by atoms with E-state index < -0.39 is 11.8 Å². The van der Waals surface area contributed by atoms with Crippen molar-refractivity contribution in [3.05, 3.63) is 82.3 Å². The number of thiocarbonyl (C=S) groups is 1. The number of benzene rings is 3. The van der Waals surface area contributed by atoms with Gasteiger partial charge in [0.25, 0.3) is 5.91 Å². The molecule has 0 unspecified atom stereocenters. The van der Waals surface area contributed by atoms with Crippen LogP contribution in [0, 0.1) is 0 Å². The van der Waals surface area contributed by atoms with Crippen molar-refractivity contribution >= 4 is 61.9 Å². The molecular weight excluding hydrogens is 490 g/mol. The Morgan fingerprint density at radius 1 is 1.06 bits per heavy atom. The number of fused-ring (bicyclic) bond motifs is 1. The zero-order chi connectivity index (χ0) is 22.9. The number of ether oxygens (including phenoxy) is 1. The molecule has 0 spiro atoms. The van der Waals surface area contributed by atoms with E-state index in [-0.39, 0.29) is 11.7 Å². The first-order chi connectivity index (χ1) is 15.5. The van der Waals surface area contributed by atoms with Crippen molar-refractivity contribution < 1.29 is 14.3 Å². The van der Waals surface area contributed by atoms with Crippen molar-refractivity contribution in [3.63, 3.8) is 0 Å². The predicted molar refractivity (Wildman–Crippen MR) is 134 cm³/mol. The lowest BCUT2D eigenvalue weighted by molar-refractivity contribution is -0.123. The number of halogens is 1. The number of aryl methyl sites for hydroxylation is 1. The third-order valence-corrected chi connectivity index (χ3v) is 5.38. The Kier molecular flexibility index (Phi) is 8.35. The first kappa shape index (κ1) is 23.4. The van der Waals surface area contributed by atoms with E-state index in [1.165, 1.54) is 6.08 Å². The van der Waals surface area contributed by atoms with Gasteiger partial charge in [0.05, 0.1) is 4.47 Å². The number of nitrogens with one attached hydrogen (secondary N) is 3. The summed E-state index contributed by atoms with van der Waals surface area (Å²) in [5.41, 5.74) is 6.95. The number of carbonyl (C=O) groups excluding carboxylic acids is 2. The Balaban J connectivity index is 1.44. The lowest BCUT2D eigenvalue weighted by Crippen LogP contribution is -2.49. The second-order valence-electron chi connectivity index (χ2n) is 6.80. The van der Waals surface area contributed by atoms with E-state index in [4.69, 9.17) is 17.0 Å². The second-order valence-corrected chi connectivity index (χ2v) is 8.06. The van der Waals surface area contributed by atoms with E-state index in [0.717, 1.165) is 32.8 Å². The van der Waals surface area contributed by atoms with E-state index in [1.54, 1.807) is 12.1 Å². The Hall–Kier alpha value is -3.23. The minimum atomic E-state index is -0.445. The van der Waals surface area contributed by atoms with Gasteiger partial charge in [0.1, 0.15) is 5.75 Å². The molecule has 0 saturated carbocycles. The van der Waals surface area contributed by atoms with Crippen molar-refractivity contribution in [1.82, 2.24) is 16.2 Å². The minimum Gasteiger partial charge on any atom is -0.483 e. The Morgan fingerprint density at radius 3 is 2.62 bits per heavy atom. The largest absolute Gasteiger partial charge is 0.483 e. The van der Waals surface area contributed by atoms with E-state index in [2.05, 4.69) is 39.0 Å². The third-order valence-electron chi connectivity index (χ3n) is 4.55. The molecule has 3 aromatic rings. The molecule has 0 aliphatic carbocycles. The van der Waals surface area contributed by atoms with Gasteiger partial charge in [-0.2, -0.15) is 0 Å². The predicted octanol–water partition coefficient (Wildman–Crippen LogP) is 4.28. The summed E-state index contributed by atoms with van der Waals surface area (Å²) in [5.74, 6) is -0.299. The molecule has 0 heterocycles. The van der Waals surface area contributed by atoms with Gasteiger partial charge in [-0.1, -0.05) is 55.5 Å². The zero-order valence-electron chi connectivity index (χ0n) is 17.4. The summed E-state index contributed by atoms with van der Waals surface area (Å²) in [5, 5.41) is 4.59. The standard InChI is InChI=1S/C24H22BrN3O3S/c1-2-16-10-12-21(20(25)14-16)31-15-23(30)27-28-24(32)26-22(29)13-11-18-8-5-7-17-6-3-4-9-19(17)18/h3-14H,2,15H2,1H3,(H,27,30)(H2,26,28,29,32). The number of hydrazine groups is 1. The summed E-state index contributed by atoms with van der Waals surface area (Å²) in [6.07, 6.45) is 4.01. The van der Waals surface area contributed by atoms with Gasteiger partial charge in [0, 0.05) is 6.08 Å². The van der Waals surface area contributed by atoms with Gasteiger partial charge in [-0.05, 0) is 74.7 Å². The average Bonchev–Trinajstić information content (AvgIpc) is 2.80. The van der Waals surface area contributed by atoms with Gasteiger partial charge in [-0.15, -0.1) is 0 Å². The molecule has 0 aliphatic heterocycles. The Morgan fingerprint density at radius 2 is 1.84 bits per heavy atom. The third kappa shape index (κ3) is 6.63. The summed E-state index contributed by atoms with van der Waals surface area (Å²) in [6, 6.07) is 19.5. The highest BCUT2D eigenvalue weighted by molar-refractivity contribution is 9.10. The molecule has 8 heteroatoms. The quantitative estimate of drug-likeness (QED) is 0.261. The van der Waals surface area contributed by atoms with Gasteiger partial charge in [0.15, 0.2) is 11.7 Å². The summed E-state index contributed by atoms with van der Waals surface area (Å²) in [6.45, 7) is 1.84. The van der Waals surface area contributed by atoms with Crippen LogP contribution in [0.2, 0.25) is 0 Å². The fraction of sp³-hybridized carbons (Fsp3) is 0.125. The van der Waals surface area contributed by atoms with Crippen molar-refractivity contribution in [3.8, 4) is 5.75 Å². The van der Waals surface area contributed by atoms with Crippen molar-refractivity contribution in [2.75, 3.05) is 6.61 Å². The van der Waals surface area contributed by atoms with E-state index in [0.29, 0.717) is 5.75 Å². The van der Waals surface area contributed by atoms with Crippen molar-refractivity contribution in [1.29, 1.82) is 0 Å². The molecule has 0 bridgehead atoms. The highest BCUT2D eigenvalue weighted by Crippen LogP contribution is 2.26. The van der Waals surface area contributed by atoms with Gasteiger partial charge < -0.3 is 4.74 Å². The molecule has 0 aromatic heterocycles. The smallest absolute Gasteiger partial charge is 0.276 e. The molecule has 3 rings (SSSR count). The van der Waals surface area contributed by atoms with Crippen LogP contribution in [0.4, 0.5) is 0 Å². The van der Waals surface area contributed by atoms with Gasteiger partial charge in [-0.3, -0.25) is 25.8 Å². The van der Waals surface area contributed by atoms with Crippen LogP contribution in [-0.4, -0.2) is 23.5 Å². The molecule has 0 saturated heterocycles. The molecule has 32 heavy (non-hydrogen) atoms. The first-order valence-corrected chi connectivity index (χ1v) is 11.1. The average molecular weight is 512 g/mol. The molecule has 6 nitrogen and oxygen atoms in total. The highest BCUT2D eigenvalue weighted by atomic mass is 79.9. The van der Waals surface area contributed by atoms with Crippen LogP contribution in [0.25, 0.3) is 16.8 Å². The maximum absolute atomic E-state index is 12.1. The molecule has 3 N–H and O–H groups in total. The maximum Gasteiger partial charge on any atom is 0.276 e. The minimum absolute atomic E-state index is 0.0283. The monoisotopic (exact) mass is 511 g/mol. The van der Waals surface area contributed by atoms with Crippen LogP contribution in [-0.2, 0) is 16.0 Å². The fourth-order valence-electron chi connectivity index (χ4n) is 2.93. The number of rotatable bonds is 6. The van der Waals surface area contributed by atoms with E-state index in [1.807, 2.05) is 54.6 Å². The first-order valence-electron chi connectivity index (χ1n) is 9.93. The normalized spacial score (nSPS) is 10.7. The zero-order valence-corrected chi connectivity index (χ0v) is 19.8. The molecule has 3 aromatic carbocycles. The molecule has 0 radical (unpaired) electrons. The van der Waals surface area contributed by atoms with Gasteiger partial charge in [0.2, 0.25) is 5.91 Å². The fourth-order valence-corrected chi connectivity index (χ4v) is 3.63. The number of hydrogen-bond donors (Lipinski definition) is 3. The highest BCUT2D eigenvalue weighted by Gasteiger charge is 2.08. The van der Waals surface area contributed by atoms with Crippen molar-refractivity contribution in [2.24, 2.45) is 0 Å². The van der Waals surface area contributed by atoms with Gasteiger partial charge >= 0.3 is 0 Å². The van der Waals surface area contributed by atoms with Gasteiger partial charge in [-0.25, -0.2) is 0 Å². The van der Waals surface area contributed by atoms with Crippen LogP contribution in [0.3, 0.4) is 0 Å². The summed E-state index contributed by atoms with van der Waals surface area (Å²) < 4.78 is 6.27.